The van der Waals surface area contributed by atoms with E-state index in [0.29, 0.717) is 18.1 Å². The molecule has 1 N–H and O–H groups in total. The van der Waals surface area contributed by atoms with Crippen molar-refractivity contribution in [3.63, 3.8) is 0 Å². The van der Waals surface area contributed by atoms with Gasteiger partial charge in [-0.05, 0) is 34.6 Å². The lowest BCUT2D eigenvalue weighted by Crippen LogP contribution is -2.62. The van der Waals surface area contributed by atoms with Crippen LogP contribution in [0.15, 0.2) is 0 Å². The Labute approximate surface area is 130 Å². The predicted molar refractivity (Wildman–Crippen MR) is 78.8 cm³/mol. The highest BCUT2D eigenvalue weighted by Gasteiger charge is 2.65. The van der Waals surface area contributed by atoms with Gasteiger partial charge in [-0.1, -0.05) is 12.2 Å². The normalized spacial score (nSPS) is 43.2. The Bertz CT molecular complexity index is 455. The van der Waals surface area contributed by atoms with E-state index >= 15 is 0 Å². The Balaban J connectivity index is 1.86. The number of ether oxygens (including phenoxy) is 5. The van der Waals surface area contributed by atoms with Gasteiger partial charge >= 0.3 is 0 Å². The number of hydrogen-bond donors (Lipinski definition) is 1. The lowest BCUT2D eigenvalue weighted by atomic mass is 9.97. The fourth-order valence-corrected chi connectivity index (χ4v) is 3.30. The van der Waals surface area contributed by atoms with Crippen LogP contribution in [0.5, 0.6) is 0 Å². The van der Waals surface area contributed by atoms with E-state index in [4.69, 9.17) is 35.9 Å². The molecule has 0 saturated carbocycles. The monoisotopic (exact) mass is 317 g/mol. The molecule has 0 aromatic heterocycles. The maximum atomic E-state index is 6.06. The van der Waals surface area contributed by atoms with Gasteiger partial charge in [0, 0.05) is 0 Å². The summed E-state index contributed by atoms with van der Waals surface area (Å²) in [5.41, 5.74) is 0. The summed E-state index contributed by atoms with van der Waals surface area (Å²) in [6, 6.07) is 0. The molecule has 0 aromatic carbocycles. The van der Waals surface area contributed by atoms with Crippen LogP contribution in [0.2, 0.25) is 0 Å². The van der Waals surface area contributed by atoms with Gasteiger partial charge in [0.2, 0.25) is 5.79 Å². The topological polar surface area (TPSA) is 58.2 Å². The molecule has 0 aromatic rings. The highest BCUT2D eigenvalue weighted by molar-refractivity contribution is 7.80. The van der Waals surface area contributed by atoms with E-state index in [2.05, 4.69) is 5.32 Å². The minimum Gasteiger partial charge on any atom is -0.374 e. The second-order valence-electron chi connectivity index (χ2n) is 6.71. The average molecular weight is 317 g/mol. The predicted octanol–water partition coefficient (Wildman–Crippen LogP) is 1.32. The molecule has 3 saturated heterocycles. The highest BCUT2D eigenvalue weighted by Crippen LogP contribution is 2.47. The molecule has 0 amide bonds. The van der Waals surface area contributed by atoms with Crippen LogP contribution in [0.3, 0.4) is 0 Å². The highest BCUT2D eigenvalue weighted by atomic mass is 32.1. The van der Waals surface area contributed by atoms with E-state index in [-0.39, 0.29) is 18.3 Å². The number of rotatable bonds is 2. The van der Waals surface area contributed by atoms with Gasteiger partial charge in [-0.3, -0.25) is 0 Å². The summed E-state index contributed by atoms with van der Waals surface area (Å²) < 4.78 is 30.0. The molecule has 3 aliphatic rings. The zero-order valence-electron chi connectivity index (χ0n) is 13.1. The molecular formula is C14H23NO5S. The molecular weight excluding hydrogens is 294 g/mol. The van der Waals surface area contributed by atoms with Crippen molar-refractivity contribution < 1.29 is 23.7 Å². The van der Waals surface area contributed by atoms with Crippen molar-refractivity contribution in [2.75, 3.05) is 13.2 Å². The Hall–Kier alpha value is -0.310. The van der Waals surface area contributed by atoms with Gasteiger partial charge in [-0.25, -0.2) is 0 Å². The second-order valence-corrected chi connectivity index (χ2v) is 7.32. The fraction of sp³-hybridized carbons (Fsp3) is 0.929. The summed E-state index contributed by atoms with van der Waals surface area (Å²) in [7, 11) is 0. The van der Waals surface area contributed by atoms with Crippen LogP contribution in [-0.4, -0.2) is 53.8 Å². The van der Waals surface area contributed by atoms with E-state index < -0.39 is 17.4 Å². The summed E-state index contributed by atoms with van der Waals surface area (Å²) in [5.74, 6) is -2.29. The van der Waals surface area contributed by atoms with Crippen LogP contribution in [0.1, 0.15) is 34.6 Å². The minimum absolute atomic E-state index is 0.149. The fourth-order valence-electron chi connectivity index (χ4n) is 3.23. The molecule has 120 valence electrons. The van der Waals surface area contributed by atoms with E-state index in [9.17, 15) is 0 Å². The third-order valence-corrected chi connectivity index (χ3v) is 4.00. The molecule has 7 heteroatoms. The smallest absolute Gasteiger partial charge is 0.218 e. The van der Waals surface area contributed by atoms with Gasteiger partial charge in [-0.2, -0.15) is 0 Å². The van der Waals surface area contributed by atoms with Crippen molar-refractivity contribution in [3.05, 3.63) is 0 Å². The maximum absolute atomic E-state index is 6.06. The Morgan fingerprint density at radius 3 is 2.52 bits per heavy atom. The van der Waals surface area contributed by atoms with E-state index in [0.717, 1.165) is 0 Å². The molecule has 3 fully saturated rings. The maximum Gasteiger partial charge on any atom is 0.218 e. The van der Waals surface area contributed by atoms with Gasteiger partial charge in [0.15, 0.2) is 11.6 Å². The zero-order chi connectivity index (χ0) is 15.5. The van der Waals surface area contributed by atoms with Gasteiger partial charge in [-0.15, -0.1) is 0 Å². The summed E-state index contributed by atoms with van der Waals surface area (Å²) in [4.78, 5) is 0.686. The summed E-state index contributed by atoms with van der Waals surface area (Å²) >= 11 is 5.09. The molecule has 4 atom stereocenters. The number of nitrogens with one attached hydrogen (secondary N) is 1. The van der Waals surface area contributed by atoms with Crippen LogP contribution in [-0.2, 0) is 23.7 Å². The van der Waals surface area contributed by atoms with Crippen LogP contribution in [0.25, 0.3) is 0 Å². The molecule has 6 nitrogen and oxygen atoms in total. The van der Waals surface area contributed by atoms with Crippen molar-refractivity contribution in [1.82, 2.24) is 5.32 Å². The van der Waals surface area contributed by atoms with Crippen molar-refractivity contribution in [3.8, 4) is 0 Å². The van der Waals surface area contributed by atoms with Gasteiger partial charge < -0.3 is 29.0 Å². The first kappa shape index (κ1) is 15.6. The SMILES string of the molecule is CC(=S)NC[C@@]12OC[C@H]3OC(C)(C)O[C@H]3[C@@H]1OC(C)(C)O2. The van der Waals surface area contributed by atoms with Crippen LogP contribution >= 0.6 is 12.2 Å². The molecule has 0 spiro atoms. The third-order valence-electron chi connectivity index (χ3n) is 3.86. The minimum atomic E-state index is -0.908. The average Bonchev–Trinajstić information content (AvgIpc) is 2.78. The van der Waals surface area contributed by atoms with E-state index in [1.54, 1.807) is 0 Å². The number of fused-ring (bicyclic) bond motifs is 3. The van der Waals surface area contributed by atoms with Gasteiger partial charge in [0.25, 0.3) is 0 Å². The molecule has 0 aliphatic carbocycles. The molecule has 3 rings (SSSR count). The second kappa shape index (κ2) is 4.84. The molecule has 0 unspecified atom stereocenters. The first-order valence-corrected chi connectivity index (χ1v) is 7.65. The lowest BCUT2D eigenvalue weighted by molar-refractivity contribution is -0.276. The van der Waals surface area contributed by atoms with Crippen molar-refractivity contribution in [1.29, 1.82) is 0 Å². The van der Waals surface area contributed by atoms with Crippen LogP contribution in [0, 0.1) is 0 Å². The quantitative estimate of drug-likeness (QED) is 0.771. The van der Waals surface area contributed by atoms with Crippen molar-refractivity contribution >= 4 is 17.2 Å². The first-order valence-electron chi connectivity index (χ1n) is 7.25. The van der Waals surface area contributed by atoms with Crippen molar-refractivity contribution in [2.45, 2.75) is 70.3 Å². The first-order chi connectivity index (χ1) is 9.63. The number of thiocarbonyl (C=S) groups is 1. The molecule has 3 heterocycles. The Kier molecular flexibility index (Phi) is 3.59. The Morgan fingerprint density at radius 1 is 1.14 bits per heavy atom. The summed E-state index contributed by atoms with van der Waals surface area (Å²) in [6.45, 7) is 10.2. The number of hydrogen-bond acceptors (Lipinski definition) is 6. The zero-order valence-corrected chi connectivity index (χ0v) is 13.9. The van der Waals surface area contributed by atoms with Crippen LogP contribution in [0.4, 0.5) is 0 Å². The van der Waals surface area contributed by atoms with Crippen molar-refractivity contribution in [2.24, 2.45) is 0 Å². The third kappa shape index (κ3) is 2.83. The van der Waals surface area contributed by atoms with Crippen LogP contribution < -0.4 is 5.32 Å². The molecule has 0 radical (unpaired) electrons. The van der Waals surface area contributed by atoms with Gasteiger partial charge in [0.05, 0.1) is 18.1 Å². The standard InChI is InChI=1S/C14H23NO5S/c1-8(21)15-7-14-11(19-13(4,5)20-14)10-9(6-16-14)17-12(2,3)18-10/h9-11H,6-7H2,1-5H3,(H,15,21)/t9-,10-,11+,14+/m1/s1. The summed E-state index contributed by atoms with van der Waals surface area (Å²) in [6.07, 6.45) is -0.734. The molecule has 0 bridgehead atoms. The van der Waals surface area contributed by atoms with E-state index in [1.165, 1.54) is 0 Å². The van der Waals surface area contributed by atoms with Gasteiger partial charge in [0.1, 0.15) is 18.3 Å². The largest absolute Gasteiger partial charge is 0.374 e. The Morgan fingerprint density at radius 2 is 1.86 bits per heavy atom. The van der Waals surface area contributed by atoms with E-state index in [1.807, 2.05) is 34.6 Å². The summed E-state index contributed by atoms with van der Waals surface area (Å²) in [5, 5.41) is 3.12. The molecule has 21 heavy (non-hydrogen) atoms. The lowest BCUT2D eigenvalue weighted by Gasteiger charge is -2.40. The molecule has 3 aliphatic heterocycles.